The topological polar surface area (TPSA) is 75.8 Å². The molecule has 1 aromatic carbocycles. The van der Waals surface area contributed by atoms with Crippen molar-refractivity contribution in [1.82, 2.24) is 4.40 Å². The van der Waals surface area contributed by atoms with Gasteiger partial charge < -0.3 is 9.51 Å². The van der Waals surface area contributed by atoms with Crippen molar-refractivity contribution in [3.63, 3.8) is 0 Å². The molecule has 0 bridgehead atoms. The Balaban J connectivity index is 2.34. The van der Waals surface area contributed by atoms with E-state index in [0.29, 0.717) is 28.3 Å². The third-order valence-corrected chi connectivity index (χ3v) is 6.72. The molecule has 6 heteroatoms. The highest BCUT2D eigenvalue weighted by atomic mass is 35.5. The highest BCUT2D eigenvalue weighted by Crippen LogP contribution is 2.35. The van der Waals surface area contributed by atoms with Gasteiger partial charge in [0, 0.05) is 35.1 Å². The lowest BCUT2D eigenvalue weighted by Gasteiger charge is -2.21. The normalized spacial score (nSPS) is 12.4. The van der Waals surface area contributed by atoms with E-state index < -0.39 is 11.4 Å². The number of aromatic nitrogens is 1. The molecular weight excluding hydrogens is 474 g/mol. The van der Waals surface area contributed by atoms with Gasteiger partial charge in [0.25, 0.3) is 0 Å². The molecule has 192 valence electrons. The molecule has 0 unspecified atom stereocenters. The van der Waals surface area contributed by atoms with Crippen LogP contribution in [0.5, 0.6) is 0 Å². The smallest absolute Gasteiger partial charge is 0.309 e. The molecule has 0 saturated heterocycles. The Morgan fingerprint density at radius 2 is 1.58 bits per heavy atom. The van der Waals surface area contributed by atoms with Crippen molar-refractivity contribution in [1.29, 1.82) is 0 Å². The van der Waals surface area contributed by atoms with Crippen molar-refractivity contribution in [3.05, 3.63) is 75.6 Å². The molecule has 0 aliphatic rings. The van der Waals surface area contributed by atoms with E-state index in [1.165, 1.54) is 0 Å². The number of aliphatic carboxylic acids is 1. The monoisotopic (exact) mass is 509 g/mol. The van der Waals surface area contributed by atoms with Crippen LogP contribution in [-0.2, 0) is 22.4 Å². The zero-order chi connectivity index (χ0) is 27.0. The number of carbonyl (C=O) groups excluding carboxylic acids is 2. The van der Waals surface area contributed by atoms with E-state index in [1.807, 2.05) is 43.5 Å². The molecule has 1 N–H and O–H groups in total. The van der Waals surface area contributed by atoms with Crippen molar-refractivity contribution in [2.24, 2.45) is 10.8 Å². The molecule has 0 radical (unpaired) electrons. The first-order valence-corrected chi connectivity index (χ1v) is 12.7. The van der Waals surface area contributed by atoms with Gasteiger partial charge in [-0.2, -0.15) is 0 Å². The zero-order valence-corrected chi connectivity index (χ0v) is 23.0. The highest BCUT2D eigenvalue weighted by Gasteiger charge is 2.34. The van der Waals surface area contributed by atoms with Gasteiger partial charge in [0.2, 0.25) is 5.78 Å². The predicted octanol–water partition coefficient (Wildman–Crippen LogP) is 7.15. The molecule has 3 aromatic rings. The van der Waals surface area contributed by atoms with Crippen LogP contribution in [0.4, 0.5) is 0 Å². The number of halogens is 1. The first-order chi connectivity index (χ1) is 16.6. The fourth-order valence-corrected chi connectivity index (χ4v) is 4.61. The lowest BCUT2D eigenvalue weighted by Crippen LogP contribution is -2.27. The van der Waals surface area contributed by atoms with Gasteiger partial charge in [-0.05, 0) is 84.7 Å². The van der Waals surface area contributed by atoms with Crippen molar-refractivity contribution in [3.8, 4) is 0 Å². The fraction of sp³-hybridized carbons (Fsp3) is 0.433. The Bertz CT molecular complexity index is 1310. The summed E-state index contributed by atoms with van der Waals surface area (Å²) in [6.45, 7) is 13.5. The van der Waals surface area contributed by atoms with Crippen LogP contribution < -0.4 is 0 Å². The second-order valence-electron chi connectivity index (χ2n) is 11.8. The molecule has 2 heterocycles. The standard InChI is InChI=1S/C30H36ClNO4/c1-18(2)20-12-13-32-25(14-20)23(15-22(33)16-29(3,4)5)24(17-30(6,7)28(35)36)26(32)27(34)19-8-10-21(31)11-9-19/h8-14,18H,15-17H2,1-7H3,(H,35,36). The Morgan fingerprint density at radius 1 is 0.972 bits per heavy atom. The Kier molecular flexibility index (Phi) is 7.85. The van der Waals surface area contributed by atoms with Gasteiger partial charge in [0.1, 0.15) is 5.78 Å². The summed E-state index contributed by atoms with van der Waals surface area (Å²) in [7, 11) is 0. The summed E-state index contributed by atoms with van der Waals surface area (Å²) in [6.07, 6.45) is 2.51. The van der Waals surface area contributed by atoms with Crippen LogP contribution in [0, 0.1) is 10.8 Å². The zero-order valence-electron chi connectivity index (χ0n) is 22.2. The Labute approximate surface area is 218 Å². The summed E-state index contributed by atoms with van der Waals surface area (Å²) in [5.41, 5.74) is 2.74. The Hall–Kier alpha value is -2.92. The number of Topliss-reactive ketones (excluding diaryl/α,β-unsaturated/α-hetero) is 1. The van der Waals surface area contributed by atoms with E-state index in [9.17, 15) is 19.5 Å². The third-order valence-electron chi connectivity index (χ3n) is 6.47. The fourth-order valence-electron chi connectivity index (χ4n) is 4.49. The van der Waals surface area contributed by atoms with Crippen LogP contribution in [0.15, 0.2) is 42.6 Å². The number of hydrogen-bond acceptors (Lipinski definition) is 3. The lowest BCUT2D eigenvalue weighted by atomic mass is 9.82. The van der Waals surface area contributed by atoms with E-state index in [0.717, 1.165) is 16.6 Å². The van der Waals surface area contributed by atoms with Gasteiger partial charge in [-0.25, -0.2) is 0 Å². The SMILES string of the molecule is CC(C)c1ccn2c(C(=O)c3ccc(Cl)cc3)c(CC(C)(C)C(=O)O)c(CC(=O)CC(C)(C)C)c2c1. The number of benzene rings is 1. The van der Waals surface area contributed by atoms with Crippen LogP contribution >= 0.6 is 11.6 Å². The number of carboxylic acid groups (broad SMARTS) is 1. The average molecular weight is 510 g/mol. The quantitative estimate of drug-likeness (QED) is 0.311. The van der Waals surface area contributed by atoms with E-state index in [2.05, 4.69) is 13.8 Å². The van der Waals surface area contributed by atoms with Gasteiger partial charge in [-0.1, -0.05) is 46.2 Å². The van der Waals surface area contributed by atoms with Crippen molar-refractivity contribution >= 4 is 34.7 Å². The molecule has 2 aromatic heterocycles. The number of rotatable bonds is 9. The maximum Gasteiger partial charge on any atom is 0.309 e. The number of fused-ring (bicyclic) bond motifs is 1. The number of ketones is 2. The minimum atomic E-state index is -1.14. The maximum absolute atomic E-state index is 13.9. The molecule has 0 aliphatic carbocycles. The largest absolute Gasteiger partial charge is 0.481 e. The van der Waals surface area contributed by atoms with Gasteiger partial charge in [0.05, 0.1) is 11.1 Å². The minimum Gasteiger partial charge on any atom is -0.481 e. The van der Waals surface area contributed by atoms with Crippen LogP contribution in [-0.4, -0.2) is 27.0 Å². The summed E-state index contributed by atoms with van der Waals surface area (Å²) in [5, 5.41) is 10.4. The van der Waals surface area contributed by atoms with E-state index in [-0.39, 0.29) is 35.7 Å². The highest BCUT2D eigenvalue weighted by molar-refractivity contribution is 6.30. The lowest BCUT2D eigenvalue weighted by molar-refractivity contribution is -0.146. The minimum absolute atomic E-state index is 0.0600. The summed E-state index contributed by atoms with van der Waals surface area (Å²) < 4.78 is 1.83. The summed E-state index contributed by atoms with van der Waals surface area (Å²) in [6, 6.07) is 10.7. The Morgan fingerprint density at radius 3 is 2.11 bits per heavy atom. The second kappa shape index (κ2) is 10.2. The number of carbonyl (C=O) groups is 3. The van der Waals surface area contributed by atoms with Crippen molar-refractivity contribution in [2.75, 3.05) is 0 Å². The number of nitrogens with zero attached hydrogens (tertiary/aromatic N) is 1. The van der Waals surface area contributed by atoms with Gasteiger partial charge in [0.15, 0.2) is 0 Å². The molecule has 36 heavy (non-hydrogen) atoms. The van der Waals surface area contributed by atoms with E-state index >= 15 is 0 Å². The van der Waals surface area contributed by atoms with Crippen LogP contribution in [0.25, 0.3) is 5.52 Å². The molecule has 0 fully saturated rings. The molecular formula is C30H36ClNO4. The molecule has 3 rings (SSSR count). The first kappa shape index (κ1) is 27.7. The van der Waals surface area contributed by atoms with E-state index in [1.54, 1.807) is 38.1 Å². The molecule has 0 spiro atoms. The second-order valence-corrected chi connectivity index (χ2v) is 12.3. The van der Waals surface area contributed by atoms with Crippen LogP contribution in [0.2, 0.25) is 5.02 Å². The third kappa shape index (κ3) is 6.07. The maximum atomic E-state index is 13.9. The molecule has 0 aliphatic heterocycles. The first-order valence-electron chi connectivity index (χ1n) is 12.3. The number of pyridine rings is 1. The molecule has 0 amide bonds. The van der Waals surface area contributed by atoms with Crippen LogP contribution in [0.1, 0.15) is 93.5 Å². The number of carboxylic acids is 1. The van der Waals surface area contributed by atoms with Gasteiger partial charge in [-0.15, -0.1) is 0 Å². The number of hydrogen-bond donors (Lipinski definition) is 1. The van der Waals surface area contributed by atoms with Crippen molar-refractivity contribution in [2.45, 2.75) is 73.6 Å². The summed E-state index contributed by atoms with van der Waals surface area (Å²) >= 11 is 6.05. The molecule has 0 atom stereocenters. The summed E-state index contributed by atoms with van der Waals surface area (Å²) in [5.74, 6) is -0.885. The van der Waals surface area contributed by atoms with Gasteiger partial charge >= 0.3 is 5.97 Å². The van der Waals surface area contributed by atoms with Gasteiger partial charge in [-0.3, -0.25) is 14.4 Å². The summed E-state index contributed by atoms with van der Waals surface area (Å²) in [4.78, 5) is 39.2. The predicted molar refractivity (Wildman–Crippen MR) is 144 cm³/mol. The van der Waals surface area contributed by atoms with E-state index in [4.69, 9.17) is 11.6 Å². The molecule has 5 nitrogen and oxygen atoms in total. The van der Waals surface area contributed by atoms with Crippen LogP contribution in [0.3, 0.4) is 0 Å². The average Bonchev–Trinajstić information content (AvgIpc) is 3.04. The van der Waals surface area contributed by atoms with Crippen molar-refractivity contribution < 1.29 is 19.5 Å². The molecule has 0 saturated carbocycles.